The van der Waals surface area contributed by atoms with Gasteiger partial charge in [-0.2, -0.15) is 0 Å². The van der Waals surface area contributed by atoms with Crippen LogP contribution in [0.1, 0.15) is 17.2 Å². The number of hydrogen-bond donors (Lipinski definition) is 1. The third kappa shape index (κ3) is 3.66. The molecule has 1 atom stereocenters. The smallest absolute Gasteiger partial charge is 0.0617 e. The first-order valence-electron chi connectivity index (χ1n) is 7.30. The molecule has 2 nitrogen and oxygen atoms in total. The van der Waals surface area contributed by atoms with Crippen LogP contribution in [0.3, 0.4) is 0 Å². The summed E-state index contributed by atoms with van der Waals surface area (Å²) in [7, 11) is 0. The zero-order chi connectivity index (χ0) is 15.5. The zero-order valence-corrected chi connectivity index (χ0v) is 15.1. The van der Waals surface area contributed by atoms with E-state index in [1.807, 2.05) is 18.2 Å². The third-order valence-corrected chi connectivity index (χ3v) is 5.05. The molecule has 1 saturated heterocycles. The van der Waals surface area contributed by atoms with Crippen molar-refractivity contribution in [3.8, 4) is 0 Å². The summed E-state index contributed by atoms with van der Waals surface area (Å²) in [6.45, 7) is 4.00. The summed E-state index contributed by atoms with van der Waals surface area (Å²) >= 11 is 16.1. The Hall–Kier alpha value is -0.580. The number of hydrogen-bond acceptors (Lipinski definition) is 2. The first-order chi connectivity index (χ1) is 10.6. The maximum absolute atomic E-state index is 6.49. The highest BCUT2D eigenvalue weighted by Crippen LogP contribution is 2.35. The number of benzene rings is 2. The van der Waals surface area contributed by atoms with E-state index in [9.17, 15) is 0 Å². The molecule has 22 heavy (non-hydrogen) atoms. The van der Waals surface area contributed by atoms with Crippen LogP contribution in [0, 0.1) is 0 Å². The average Bonchev–Trinajstić information content (AvgIpc) is 2.52. The Morgan fingerprint density at radius 1 is 1.00 bits per heavy atom. The van der Waals surface area contributed by atoms with Crippen molar-refractivity contribution in [1.82, 2.24) is 10.2 Å². The van der Waals surface area contributed by atoms with Gasteiger partial charge in [0.2, 0.25) is 0 Å². The lowest BCUT2D eigenvalue weighted by Gasteiger charge is -2.36. The van der Waals surface area contributed by atoms with Gasteiger partial charge in [-0.1, -0.05) is 57.3 Å². The third-order valence-electron chi connectivity index (χ3n) is 3.96. The molecule has 2 aromatic carbocycles. The number of nitrogens with one attached hydrogen (secondary N) is 1. The van der Waals surface area contributed by atoms with Gasteiger partial charge in [-0.05, 0) is 35.4 Å². The second-order valence-electron chi connectivity index (χ2n) is 5.41. The molecule has 1 aliphatic heterocycles. The minimum atomic E-state index is 0.153. The van der Waals surface area contributed by atoms with Crippen LogP contribution in [0.2, 0.25) is 10.0 Å². The van der Waals surface area contributed by atoms with Crippen LogP contribution >= 0.6 is 39.1 Å². The first kappa shape index (κ1) is 16.3. The topological polar surface area (TPSA) is 15.3 Å². The van der Waals surface area contributed by atoms with Gasteiger partial charge in [0.05, 0.1) is 6.04 Å². The van der Waals surface area contributed by atoms with Crippen molar-refractivity contribution in [3.05, 3.63) is 68.1 Å². The van der Waals surface area contributed by atoms with E-state index in [0.29, 0.717) is 5.02 Å². The summed E-state index contributed by atoms with van der Waals surface area (Å²) in [4.78, 5) is 2.47. The van der Waals surface area contributed by atoms with Crippen molar-refractivity contribution in [2.45, 2.75) is 6.04 Å². The summed E-state index contributed by atoms with van der Waals surface area (Å²) in [6.07, 6.45) is 0. The molecule has 0 aromatic heterocycles. The van der Waals surface area contributed by atoms with Crippen LogP contribution in [-0.4, -0.2) is 31.1 Å². The highest BCUT2D eigenvalue weighted by atomic mass is 79.9. The van der Waals surface area contributed by atoms with Gasteiger partial charge >= 0.3 is 0 Å². The van der Waals surface area contributed by atoms with Gasteiger partial charge < -0.3 is 5.32 Å². The van der Waals surface area contributed by atoms with Crippen LogP contribution in [-0.2, 0) is 0 Å². The maximum atomic E-state index is 6.49. The van der Waals surface area contributed by atoms with Crippen molar-refractivity contribution >= 4 is 39.1 Å². The van der Waals surface area contributed by atoms with Crippen LogP contribution in [0.5, 0.6) is 0 Å². The Balaban J connectivity index is 2.03. The molecular formula is C17H17BrCl2N2. The van der Waals surface area contributed by atoms with Gasteiger partial charge in [-0.25, -0.2) is 0 Å². The Morgan fingerprint density at radius 3 is 2.32 bits per heavy atom. The molecule has 116 valence electrons. The van der Waals surface area contributed by atoms with E-state index in [0.717, 1.165) is 41.2 Å². The van der Waals surface area contributed by atoms with E-state index >= 15 is 0 Å². The van der Waals surface area contributed by atoms with Crippen LogP contribution in [0.4, 0.5) is 0 Å². The molecule has 2 aromatic rings. The first-order valence-corrected chi connectivity index (χ1v) is 8.85. The molecule has 1 N–H and O–H groups in total. The Labute approximate surface area is 149 Å². The predicted molar refractivity (Wildman–Crippen MR) is 96.9 cm³/mol. The van der Waals surface area contributed by atoms with Crippen LogP contribution in [0.15, 0.2) is 46.9 Å². The Morgan fingerprint density at radius 2 is 1.68 bits per heavy atom. The number of nitrogens with zero attached hydrogens (tertiary/aromatic N) is 1. The SMILES string of the molecule is Clc1ccc(C(c2ccc(Br)cc2)N2CCNCC2)c(Cl)c1. The lowest BCUT2D eigenvalue weighted by Crippen LogP contribution is -2.45. The normalized spacial score (nSPS) is 17.4. The monoisotopic (exact) mass is 398 g/mol. The lowest BCUT2D eigenvalue weighted by molar-refractivity contribution is 0.198. The van der Waals surface area contributed by atoms with Gasteiger partial charge in [-0.3, -0.25) is 4.90 Å². The van der Waals surface area contributed by atoms with E-state index < -0.39 is 0 Å². The Bertz CT molecular complexity index is 640. The standard InChI is InChI=1S/C17H17BrCl2N2/c18-13-3-1-12(2-4-13)17(22-9-7-21-8-10-22)15-6-5-14(19)11-16(15)20/h1-6,11,17,21H,7-10H2. The second-order valence-corrected chi connectivity index (χ2v) is 7.17. The molecule has 0 saturated carbocycles. The number of piperazine rings is 1. The van der Waals surface area contributed by atoms with E-state index in [4.69, 9.17) is 23.2 Å². The van der Waals surface area contributed by atoms with E-state index in [2.05, 4.69) is 50.4 Å². The van der Waals surface area contributed by atoms with Gasteiger partial charge in [0, 0.05) is 40.7 Å². The minimum Gasteiger partial charge on any atom is -0.314 e. The molecule has 0 aliphatic carbocycles. The van der Waals surface area contributed by atoms with Crippen molar-refractivity contribution in [2.75, 3.05) is 26.2 Å². The largest absolute Gasteiger partial charge is 0.314 e. The molecular weight excluding hydrogens is 383 g/mol. The Kier molecular flexibility index (Phi) is 5.42. The van der Waals surface area contributed by atoms with Gasteiger partial charge in [0.15, 0.2) is 0 Å². The minimum absolute atomic E-state index is 0.153. The lowest BCUT2D eigenvalue weighted by atomic mass is 9.96. The molecule has 1 fully saturated rings. The highest BCUT2D eigenvalue weighted by molar-refractivity contribution is 9.10. The van der Waals surface area contributed by atoms with Crippen LogP contribution in [0.25, 0.3) is 0 Å². The number of halogens is 3. The summed E-state index contributed by atoms with van der Waals surface area (Å²) in [5, 5.41) is 4.79. The van der Waals surface area contributed by atoms with Gasteiger partial charge in [0.1, 0.15) is 0 Å². The maximum Gasteiger partial charge on any atom is 0.0617 e. The summed E-state index contributed by atoms with van der Waals surface area (Å²) in [5.74, 6) is 0. The molecule has 0 radical (unpaired) electrons. The fraction of sp³-hybridized carbons (Fsp3) is 0.294. The van der Waals surface area contributed by atoms with E-state index in [1.165, 1.54) is 5.56 Å². The summed E-state index contributed by atoms with van der Waals surface area (Å²) in [6, 6.07) is 14.4. The van der Waals surface area contributed by atoms with Crippen molar-refractivity contribution in [2.24, 2.45) is 0 Å². The summed E-state index contributed by atoms with van der Waals surface area (Å²) in [5.41, 5.74) is 2.35. The fourth-order valence-electron chi connectivity index (χ4n) is 2.90. The molecule has 5 heteroatoms. The molecule has 0 spiro atoms. The highest BCUT2D eigenvalue weighted by Gasteiger charge is 2.25. The number of rotatable bonds is 3. The molecule has 3 rings (SSSR count). The average molecular weight is 400 g/mol. The molecule has 1 unspecified atom stereocenters. The predicted octanol–water partition coefficient (Wildman–Crippen LogP) is 4.75. The quantitative estimate of drug-likeness (QED) is 0.800. The molecule has 0 bridgehead atoms. The molecule has 0 amide bonds. The van der Waals surface area contributed by atoms with Gasteiger partial charge in [-0.15, -0.1) is 0 Å². The van der Waals surface area contributed by atoms with Crippen molar-refractivity contribution < 1.29 is 0 Å². The van der Waals surface area contributed by atoms with Crippen LogP contribution < -0.4 is 5.32 Å². The summed E-state index contributed by atoms with van der Waals surface area (Å²) < 4.78 is 1.08. The van der Waals surface area contributed by atoms with Crippen molar-refractivity contribution in [1.29, 1.82) is 0 Å². The fourth-order valence-corrected chi connectivity index (χ4v) is 3.67. The van der Waals surface area contributed by atoms with E-state index in [-0.39, 0.29) is 6.04 Å². The van der Waals surface area contributed by atoms with E-state index in [1.54, 1.807) is 0 Å². The second kappa shape index (κ2) is 7.33. The molecule has 1 heterocycles. The zero-order valence-electron chi connectivity index (χ0n) is 12.0. The van der Waals surface area contributed by atoms with Gasteiger partial charge in [0.25, 0.3) is 0 Å². The molecule has 1 aliphatic rings. The van der Waals surface area contributed by atoms with Crippen molar-refractivity contribution in [3.63, 3.8) is 0 Å².